The van der Waals surface area contributed by atoms with Crippen molar-refractivity contribution in [3.8, 4) is 0 Å². The summed E-state index contributed by atoms with van der Waals surface area (Å²) < 4.78 is 0. The fourth-order valence-corrected chi connectivity index (χ4v) is 2.42. The van der Waals surface area contributed by atoms with E-state index in [9.17, 15) is 0 Å². The minimum Gasteiger partial charge on any atom is -0.258 e. The van der Waals surface area contributed by atoms with E-state index in [1.54, 1.807) is 0 Å². The number of nitrogens with zero attached hydrogens (tertiary/aromatic N) is 1. The minimum atomic E-state index is 1.02. The molecule has 1 heterocycles. The summed E-state index contributed by atoms with van der Waals surface area (Å²) in [6.45, 7) is 2.59. The van der Waals surface area contributed by atoms with Crippen molar-refractivity contribution in [1.29, 1.82) is 0 Å². The Labute approximate surface area is 62.6 Å². The Balaban J connectivity index is 1.94. The molecule has 58 valence electrons. The number of nitrogens with one attached hydrogen (secondary N) is 1. The average molecular weight is 140 g/mol. The van der Waals surface area contributed by atoms with Gasteiger partial charge in [-0.1, -0.05) is 6.42 Å². The highest BCUT2D eigenvalue weighted by atomic mass is 15.5. The Hall–Kier alpha value is -0.0800. The molecule has 0 bridgehead atoms. The first-order chi connectivity index (χ1) is 4.90. The van der Waals surface area contributed by atoms with Gasteiger partial charge in [0.25, 0.3) is 0 Å². The van der Waals surface area contributed by atoms with E-state index < -0.39 is 0 Å². The van der Waals surface area contributed by atoms with Gasteiger partial charge in [0, 0.05) is 13.1 Å². The maximum Gasteiger partial charge on any atom is 0.0162 e. The molecule has 1 N–H and O–H groups in total. The van der Waals surface area contributed by atoms with Crippen molar-refractivity contribution < 1.29 is 0 Å². The maximum absolute atomic E-state index is 3.23. The number of hydrazine groups is 1. The molecule has 2 fully saturated rings. The third-order valence-electron chi connectivity index (χ3n) is 3.04. The molecule has 0 radical (unpaired) electrons. The highest BCUT2D eigenvalue weighted by Crippen LogP contribution is 2.36. The molecule has 2 nitrogen and oxygen atoms in total. The number of fused-ring (bicyclic) bond motifs is 1. The van der Waals surface area contributed by atoms with Gasteiger partial charge in [0.2, 0.25) is 0 Å². The van der Waals surface area contributed by atoms with Crippen LogP contribution in [0, 0.1) is 11.8 Å². The minimum absolute atomic E-state index is 1.02. The third kappa shape index (κ3) is 0.956. The average Bonchev–Trinajstić information content (AvgIpc) is 2.42. The molecule has 1 saturated heterocycles. The van der Waals surface area contributed by atoms with Crippen molar-refractivity contribution in [3.63, 3.8) is 0 Å². The second-order valence-corrected chi connectivity index (χ2v) is 3.58. The van der Waals surface area contributed by atoms with Gasteiger partial charge in [0.05, 0.1) is 0 Å². The number of rotatable bonds is 1. The summed E-state index contributed by atoms with van der Waals surface area (Å²) in [7, 11) is 2.03. The first kappa shape index (κ1) is 6.62. The molecule has 10 heavy (non-hydrogen) atoms. The van der Waals surface area contributed by atoms with Crippen molar-refractivity contribution in [2.75, 3.05) is 20.1 Å². The fraction of sp³-hybridized carbons (Fsp3) is 1.00. The monoisotopic (exact) mass is 140 g/mol. The summed E-state index contributed by atoms with van der Waals surface area (Å²) in [5.74, 6) is 2.04. The van der Waals surface area contributed by atoms with E-state index in [-0.39, 0.29) is 0 Å². The van der Waals surface area contributed by atoms with Crippen LogP contribution in [0.5, 0.6) is 0 Å². The maximum atomic E-state index is 3.23. The summed E-state index contributed by atoms with van der Waals surface area (Å²) >= 11 is 0. The van der Waals surface area contributed by atoms with E-state index in [4.69, 9.17) is 0 Å². The molecule has 1 aliphatic carbocycles. The van der Waals surface area contributed by atoms with Crippen LogP contribution in [0.15, 0.2) is 0 Å². The molecule has 0 aromatic rings. The van der Waals surface area contributed by atoms with Gasteiger partial charge < -0.3 is 0 Å². The van der Waals surface area contributed by atoms with Crippen LogP contribution in [-0.2, 0) is 0 Å². The van der Waals surface area contributed by atoms with Gasteiger partial charge in [-0.25, -0.2) is 5.01 Å². The lowest BCUT2D eigenvalue weighted by Crippen LogP contribution is -2.33. The van der Waals surface area contributed by atoms with Gasteiger partial charge >= 0.3 is 0 Å². The largest absolute Gasteiger partial charge is 0.258 e. The van der Waals surface area contributed by atoms with E-state index in [0.29, 0.717) is 0 Å². The van der Waals surface area contributed by atoms with E-state index in [2.05, 4.69) is 10.4 Å². The summed E-state index contributed by atoms with van der Waals surface area (Å²) in [4.78, 5) is 0. The molecule has 2 heteroatoms. The van der Waals surface area contributed by atoms with E-state index in [1.165, 1.54) is 32.4 Å². The zero-order valence-electron chi connectivity index (χ0n) is 6.64. The lowest BCUT2D eigenvalue weighted by molar-refractivity contribution is 0.240. The summed E-state index contributed by atoms with van der Waals surface area (Å²) in [5, 5.41) is 2.36. The fourth-order valence-electron chi connectivity index (χ4n) is 2.42. The van der Waals surface area contributed by atoms with Crippen molar-refractivity contribution >= 4 is 0 Å². The zero-order chi connectivity index (χ0) is 6.97. The standard InChI is InChI=1S/C8H16N2/c1-9-10-5-7-3-2-4-8(7)6-10/h7-9H,2-6H2,1H3/t7-,8+. The summed E-state index contributed by atoms with van der Waals surface area (Å²) in [6, 6.07) is 0. The second-order valence-electron chi connectivity index (χ2n) is 3.58. The number of hydrogen-bond acceptors (Lipinski definition) is 2. The van der Waals surface area contributed by atoms with Crippen LogP contribution in [0.4, 0.5) is 0 Å². The van der Waals surface area contributed by atoms with Crippen molar-refractivity contribution in [2.24, 2.45) is 11.8 Å². The molecule has 0 amide bonds. The molecular weight excluding hydrogens is 124 g/mol. The molecule has 0 spiro atoms. The van der Waals surface area contributed by atoms with Crippen LogP contribution < -0.4 is 5.43 Å². The topological polar surface area (TPSA) is 15.3 Å². The third-order valence-corrected chi connectivity index (χ3v) is 3.04. The van der Waals surface area contributed by atoms with E-state index in [0.717, 1.165) is 11.8 Å². The normalized spacial score (nSPS) is 40.5. The summed E-state index contributed by atoms with van der Waals surface area (Å²) in [6.07, 6.45) is 4.43. The van der Waals surface area contributed by atoms with Gasteiger partial charge in [0.1, 0.15) is 0 Å². The first-order valence-electron chi connectivity index (χ1n) is 4.32. The Bertz CT molecular complexity index is 112. The molecule has 0 unspecified atom stereocenters. The molecule has 0 aromatic heterocycles. The first-order valence-corrected chi connectivity index (χ1v) is 4.32. The Kier molecular flexibility index (Phi) is 1.66. The van der Waals surface area contributed by atoms with Gasteiger partial charge in [-0.3, -0.25) is 5.43 Å². The molecule has 1 aliphatic heterocycles. The molecular formula is C8H16N2. The van der Waals surface area contributed by atoms with Gasteiger partial charge in [-0.05, 0) is 31.7 Å². The Morgan fingerprint density at radius 2 is 1.80 bits per heavy atom. The van der Waals surface area contributed by atoms with Crippen LogP contribution >= 0.6 is 0 Å². The highest BCUT2D eigenvalue weighted by Gasteiger charge is 2.35. The Morgan fingerprint density at radius 1 is 1.20 bits per heavy atom. The quantitative estimate of drug-likeness (QED) is 0.581. The molecule has 2 atom stereocenters. The predicted octanol–water partition coefficient (Wildman–Crippen LogP) is 0.853. The van der Waals surface area contributed by atoms with Crippen LogP contribution in [0.1, 0.15) is 19.3 Å². The molecule has 0 aromatic carbocycles. The van der Waals surface area contributed by atoms with Crippen LogP contribution in [-0.4, -0.2) is 25.1 Å². The predicted molar refractivity (Wildman–Crippen MR) is 41.5 cm³/mol. The van der Waals surface area contributed by atoms with Crippen LogP contribution in [0.25, 0.3) is 0 Å². The SMILES string of the molecule is CNN1C[C@H]2CCC[C@H]2C1. The van der Waals surface area contributed by atoms with E-state index in [1.807, 2.05) is 7.05 Å². The second kappa shape index (κ2) is 2.51. The van der Waals surface area contributed by atoms with Gasteiger partial charge in [0.15, 0.2) is 0 Å². The molecule has 2 rings (SSSR count). The smallest absolute Gasteiger partial charge is 0.0162 e. The number of hydrogen-bond donors (Lipinski definition) is 1. The lowest BCUT2D eigenvalue weighted by atomic mass is 10.0. The van der Waals surface area contributed by atoms with Crippen molar-refractivity contribution in [3.05, 3.63) is 0 Å². The van der Waals surface area contributed by atoms with E-state index >= 15 is 0 Å². The lowest BCUT2D eigenvalue weighted by Gasteiger charge is -2.13. The van der Waals surface area contributed by atoms with Crippen LogP contribution in [0.3, 0.4) is 0 Å². The van der Waals surface area contributed by atoms with Gasteiger partial charge in [-0.2, -0.15) is 0 Å². The molecule has 2 aliphatic rings. The highest BCUT2D eigenvalue weighted by molar-refractivity contribution is 4.86. The summed E-state index contributed by atoms with van der Waals surface area (Å²) in [5.41, 5.74) is 3.23. The molecule has 1 saturated carbocycles. The van der Waals surface area contributed by atoms with Crippen LogP contribution in [0.2, 0.25) is 0 Å². The van der Waals surface area contributed by atoms with Crippen molar-refractivity contribution in [2.45, 2.75) is 19.3 Å². The van der Waals surface area contributed by atoms with Gasteiger partial charge in [-0.15, -0.1) is 0 Å². The Morgan fingerprint density at radius 3 is 2.30 bits per heavy atom. The van der Waals surface area contributed by atoms with Crippen molar-refractivity contribution in [1.82, 2.24) is 10.4 Å². The zero-order valence-corrected chi connectivity index (χ0v) is 6.64.